The Morgan fingerprint density at radius 2 is 1.84 bits per heavy atom. The van der Waals surface area contributed by atoms with Gasteiger partial charge in [-0.25, -0.2) is 4.39 Å². The van der Waals surface area contributed by atoms with Crippen molar-refractivity contribution < 1.29 is 9.13 Å². The second-order valence-electron chi connectivity index (χ2n) is 6.47. The van der Waals surface area contributed by atoms with Gasteiger partial charge in [0.25, 0.3) is 0 Å². The van der Waals surface area contributed by atoms with E-state index in [-0.39, 0.29) is 12.6 Å². The van der Waals surface area contributed by atoms with Crippen LogP contribution in [0.4, 0.5) is 4.39 Å². The van der Waals surface area contributed by atoms with Crippen LogP contribution in [-0.4, -0.2) is 30.3 Å². The lowest BCUT2D eigenvalue weighted by Gasteiger charge is -2.16. The number of alkyl halides is 1. The Balaban J connectivity index is 1.39. The largest absolute Gasteiger partial charge is 0.374 e. The quantitative estimate of drug-likeness (QED) is 0.611. The van der Waals surface area contributed by atoms with Crippen LogP contribution in [0.15, 0.2) is 60.8 Å². The highest BCUT2D eigenvalue weighted by atomic mass is 19.1. The van der Waals surface area contributed by atoms with Crippen molar-refractivity contribution in [3.63, 3.8) is 0 Å². The molecule has 3 rings (SSSR count). The second kappa shape index (κ2) is 8.79. The first-order valence-corrected chi connectivity index (χ1v) is 8.76. The van der Waals surface area contributed by atoms with Gasteiger partial charge in [0.05, 0.1) is 13.2 Å². The van der Waals surface area contributed by atoms with Gasteiger partial charge in [-0.15, -0.1) is 0 Å². The molecule has 0 fully saturated rings. The van der Waals surface area contributed by atoms with Crippen molar-refractivity contribution in [1.29, 1.82) is 0 Å². The summed E-state index contributed by atoms with van der Waals surface area (Å²) in [4.78, 5) is 3.28. The third kappa shape index (κ3) is 5.15. The molecule has 0 aliphatic heterocycles. The Hall–Kier alpha value is -2.17. The van der Waals surface area contributed by atoms with E-state index in [1.807, 2.05) is 48.7 Å². The number of hydrogen-bond donors (Lipinski definition) is 2. The highest BCUT2D eigenvalue weighted by Crippen LogP contribution is 2.19. The molecule has 1 heterocycles. The van der Waals surface area contributed by atoms with Crippen molar-refractivity contribution >= 4 is 10.9 Å². The molecule has 2 atom stereocenters. The summed E-state index contributed by atoms with van der Waals surface area (Å²) in [6.45, 7) is 2.95. The van der Waals surface area contributed by atoms with Crippen LogP contribution >= 0.6 is 0 Å². The molecule has 2 unspecified atom stereocenters. The van der Waals surface area contributed by atoms with E-state index >= 15 is 0 Å². The highest BCUT2D eigenvalue weighted by molar-refractivity contribution is 5.83. The predicted octanol–water partition coefficient (Wildman–Crippen LogP) is 4.24. The molecular weight excluding hydrogens is 315 g/mol. The van der Waals surface area contributed by atoms with Crippen molar-refractivity contribution in [2.24, 2.45) is 0 Å². The number of fused-ring (bicyclic) bond motifs is 1. The Morgan fingerprint density at radius 3 is 2.68 bits per heavy atom. The molecule has 0 aliphatic carbocycles. The van der Waals surface area contributed by atoms with Gasteiger partial charge in [-0.2, -0.15) is 0 Å². The summed E-state index contributed by atoms with van der Waals surface area (Å²) in [6.07, 6.45) is 1.90. The van der Waals surface area contributed by atoms with Crippen molar-refractivity contribution in [2.45, 2.75) is 32.2 Å². The number of aromatic amines is 1. The molecule has 0 amide bonds. The Kier molecular flexibility index (Phi) is 6.20. The fraction of sp³-hybridized carbons (Fsp3) is 0.333. The van der Waals surface area contributed by atoms with Gasteiger partial charge in [0, 0.05) is 29.7 Å². The number of benzene rings is 2. The Morgan fingerprint density at radius 1 is 1.08 bits per heavy atom. The third-order valence-corrected chi connectivity index (χ3v) is 4.30. The summed E-state index contributed by atoms with van der Waals surface area (Å²) < 4.78 is 19.5. The fourth-order valence-electron chi connectivity index (χ4n) is 2.97. The molecule has 0 aliphatic rings. The van der Waals surface area contributed by atoms with Crippen molar-refractivity contribution in [3.8, 4) is 0 Å². The number of para-hydroxylation sites is 1. The van der Waals surface area contributed by atoms with E-state index in [1.54, 1.807) is 0 Å². The lowest BCUT2D eigenvalue weighted by molar-refractivity contribution is 0.0686. The minimum atomic E-state index is -1.01. The lowest BCUT2D eigenvalue weighted by atomic mass is 10.1. The van der Waals surface area contributed by atoms with Gasteiger partial charge in [0.2, 0.25) is 0 Å². The molecule has 2 N–H and O–H groups in total. The second-order valence-corrected chi connectivity index (χ2v) is 6.47. The van der Waals surface area contributed by atoms with Crippen LogP contribution in [0.5, 0.6) is 0 Å². The number of nitrogens with one attached hydrogen (secondary N) is 2. The Labute approximate surface area is 148 Å². The first kappa shape index (κ1) is 17.6. The molecule has 3 nitrogen and oxygen atoms in total. The maximum Gasteiger partial charge on any atom is 0.136 e. The van der Waals surface area contributed by atoms with Crippen molar-refractivity contribution in [3.05, 3.63) is 71.9 Å². The van der Waals surface area contributed by atoms with Gasteiger partial charge >= 0.3 is 0 Å². The molecule has 0 saturated carbocycles. The SMILES string of the molecule is CC(Cc1c[nH]c2ccccc12)NCC(F)COCc1ccccc1. The number of hydrogen-bond acceptors (Lipinski definition) is 2. The Bertz CT molecular complexity index is 772. The number of halogens is 1. The zero-order chi connectivity index (χ0) is 17.5. The van der Waals surface area contributed by atoms with Crippen molar-refractivity contribution in [1.82, 2.24) is 10.3 Å². The van der Waals surface area contributed by atoms with Gasteiger partial charge in [-0.3, -0.25) is 0 Å². The van der Waals surface area contributed by atoms with E-state index in [9.17, 15) is 4.39 Å². The average molecular weight is 340 g/mol. The molecule has 2 aromatic carbocycles. The van der Waals surface area contributed by atoms with E-state index < -0.39 is 6.17 Å². The van der Waals surface area contributed by atoms with Crippen LogP contribution in [0.1, 0.15) is 18.1 Å². The third-order valence-electron chi connectivity index (χ3n) is 4.30. The minimum absolute atomic E-state index is 0.113. The van der Waals surface area contributed by atoms with Gasteiger partial charge in [-0.1, -0.05) is 48.5 Å². The standard InChI is InChI=1S/C21H25FN2O/c1-16(11-18-12-24-21-10-6-5-9-20(18)21)23-13-19(22)15-25-14-17-7-3-2-4-8-17/h2-10,12,16,19,23-24H,11,13-15H2,1H3. The highest BCUT2D eigenvalue weighted by Gasteiger charge is 2.11. The first-order chi connectivity index (χ1) is 12.2. The number of rotatable bonds is 9. The van der Waals surface area contributed by atoms with Crippen molar-refractivity contribution in [2.75, 3.05) is 13.2 Å². The zero-order valence-electron chi connectivity index (χ0n) is 14.5. The zero-order valence-corrected chi connectivity index (χ0v) is 14.5. The molecule has 0 bridgehead atoms. The van der Waals surface area contributed by atoms with E-state index in [4.69, 9.17) is 4.74 Å². The molecule has 1 aromatic heterocycles. The topological polar surface area (TPSA) is 37.0 Å². The van der Waals surface area contributed by atoms with E-state index in [0.29, 0.717) is 13.2 Å². The number of H-pyrrole nitrogens is 1. The van der Waals surface area contributed by atoms with E-state index in [2.05, 4.69) is 29.4 Å². The molecule has 0 radical (unpaired) electrons. The van der Waals surface area contributed by atoms with Gasteiger partial charge in [-0.05, 0) is 30.5 Å². The summed E-state index contributed by atoms with van der Waals surface area (Å²) in [5.74, 6) is 0. The molecule has 25 heavy (non-hydrogen) atoms. The van der Waals surface area contributed by atoms with Crippen LogP contribution < -0.4 is 5.32 Å². The maximum atomic E-state index is 14.0. The molecule has 3 aromatic rings. The summed E-state index contributed by atoms with van der Waals surface area (Å²) in [5, 5.41) is 4.50. The van der Waals surface area contributed by atoms with Crippen LogP contribution in [-0.2, 0) is 17.8 Å². The maximum absolute atomic E-state index is 14.0. The number of aromatic nitrogens is 1. The van der Waals surface area contributed by atoms with E-state index in [1.165, 1.54) is 10.9 Å². The van der Waals surface area contributed by atoms with Crippen LogP contribution in [0.2, 0.25) is 0 Å². The normalized spacial score (nSPS) is 13.8. The smallest absolute Gasteiger partial charge is 0.136 e. The molecule has 0 spiro atoms. The van der Waals surface area contributed by atoms with E-state index in [0.717, 1.165) is 17.5 Å². The van der Waals surface area contributed by atoms with Crippen LogP contribution in [0.25, 0.3) is 10.9 Å². The monoisotopic (exact) mass is 340 g/mol. The average Bonchev–Trinajstić information content (AvgIpc) is 3.04. The van der Waals surface area contributed by atoms with Crippen LogP contribution in [0, 0.1) is 0 Å². The van der Waals surface area contributed by atoms with Gasteiger partial charge in [0.15, 0.2) is 0 Å². The summed E-state index contributed by atoms with van der Waals surface area (Å²) in [7, 11) is 0. The van der Waals surface area contributed by atoms with Crippen LogP contribution in [0.3, 0.4) is 0 Å². The first-order valence-electron chi connectivity index (χ1n) is 8.76. The summed E-state index contributed by atoms with van der Waals surface area (Å²) in [6, 6.07) is 18.3. The fourth-order valence-corrected chi connectivity index (χ4v) is 2.97. The number of ether oxygens (including phenoxy) is 1. The minimum Gasteiger partial charge on any atom is -0.374 e. The summed E-state index contributed by atoms with van der Waals surface area (Å²) in [5.41, 5.74) is 3.46. The lowest BCUT2D eigenvalue weighted by Crippen LogP contribution is -2.35. The molecule has 0 saturated heterocycles. The molecule has 132 valence electrons. The summed E-state index contributed by atoms with van der Waals surface area (Å²) >= 11 is 0. The predicted molar refractivity (Wildman–Crippen MR) is 100 cm³/mol. The van der Waals surface area contributed by atoms with Gasteiger partial charge < -0.3 is 15.0 Å². The molecular formula is C21H25FN2O. The molecule has 4 heteroatoms. The van der Waals surface area contributed by atoms with Gasteiger partial charge in [0.1, 0.15) is 6.17 Å².